The Labute approximate surface area is 81.5 Å². The van der Waals surface area contributed by atoms with Gasteiger partial charge in [0, 0.05) is 15.9 Å². The lowest BCUT2D eigenvalue weighted by molar-refractivity contribution is -0.482. The van der Waals surface area contributed by atoms with E-state index < -0.39 is 0 Å². The molecule has 0 aromatic heterocycles. The predicted molar refractivity (Wildman–Crippen MR) is 51.7 cm³/mol. The van der Waals surface area contributed by atoms with E-state index >= 15 is 0 Å². The molecule has 0 amide bonds. The molecule has 0 heterocycles. The maximum atomic E-state index is 10.3. The van der Waals surface area contributed by atoms with Crippen LogP contribution >= 0.6 is 11.6 Å². The van der Waals surface area contributed by atoms with Crippen molar-refractivity contribution in [2.24, 2.45) is 0 Å². The maximum absolute atomic E-state index is 10.3. The molecule has 13 heavy (non-hydrogen) atoms. The van der Waals surface area contributed by atoms with Crippen LogP contribution in [0.15, 0.2) is 24.3 Å². The summed E-state index contributed by atoms with van der Waals surface area (Å²) in [6.45, 7) is 1.72. The fraction of sp³-hybridized carbons (Fsp3) is 0.333. The quantitative estimate of drug-likeness (QED) is 0.555. The molecule has 1 aromatic carbocycles. The van der Waals surface area contributed by atoms with E-state index in [9.17, 15) is 10.1 Å². The molecule has 1 aromatic rings. The molecule has 1 rings (SSSR count). The van der Waals surface area contributed by atoms with Gasteiger partial charge in [-0.2, -0.15) is 0 Å². The number of benzene rings is 1. The van der Waals surface area contributed by atoms with Gasteiger partial charge < -0.3 is 0 Å². The molecule has 0 aliphatic heterocycles. The molecule has 0 spiro atoms. The van der Waals surface area contributed by atoms with Crippen LogP contribution in [0.5, 0.6) is 0 Å². The Morgan fingerprint density at radius 3 is 2.69 bits per heavy atom. The van der Waals surface area contributed by atoms with Crippen molar-refractivity contribution < 1.29 is 4.92 Å². The largest absolute Gasteiger partial charge is 0.265 e. The zero-order chi connectivity index (χ0) is 9.84. The lowest BCUT2D eigenvalue weighted by Gasteiger charge is -2.08. The number of hydrogen-bond donors (Lipinski definition) is 0. The maximum Gasteiger partial charge on any atom is 0.210 e. The molecule has 3 nitrogen and oxygen atoms in total. The Hall–Kier alpha value is -1.09. The third-order valence-electron chi connectivity index (χ3n) is 1.86. The first kappa shape index (κ1) is 9.99. The van der Waals surface area contributed by atoms with E-state index in [4.69, 9.17) is 11.6 Å². The second-order valence-corrected chi connectivity index (χ2v) is 3.35. The van der Waals surface area contributed by atoms with Gasteiger partial charge >= 0.3 is 0 Å². The molecule has 1 atom stereocenters. The third-order valence-corrected chi connectivity index (χ3v) is 2.20. The van der Waals surface area contributed by atoms with Crippen molar-refractivity contribution in [1.29, 1.82) is 0 Å². The lowest BCUT2D eigenvalue weighted by Crippen LogP contribution is -2.09. The zero-order valence-electron chi connectivity index (χ0n) is 7.24. The van der Waals surface area contributed by atoms with Gasteiger partial charge in [0.25, 0.3) is 0 Å². The van der Waals surface area contributed by atoms with Crippen molar-refractivity contribution in [1.82, 2.24) is 0 Å². The summed E-state index contributed by atoms with van der Waals surface area (Å²) in [6, 6.07) is 7.20. The van der Waals surface area contributed by atoms with Crippen molar-refractivity contribution in [3.63, 3.8) is 0 Å². The summed E-state index contributed by atoms with van der Waals surface area (Å²) in [6.07, 6.45) is 0. The average Bonchev–Trinajstić information content (AvgIpc) is 2.03. The van der Waals surface area contributed by atoms with Crippen LogP contribution in [0.4, 0.5) is 0 Å². The van der Waals surface area contributed by atoms with Crippen LogP contribution < -0.4 is 0 Å². The zero-order valence-corrected chi connectivity index (χ0v) is 7.99. The van der Waals surface area contributed by atoms with Gasteiger partial charge in [-0.1, -0.05) is 36.7 Å². The summed E-state index contributed by atoms with van der Waals surface area (Å²) >= 11 is 5.88. The molecule has 70 valence electrons. The first-order valence-electron chi connectivity index (χ1n) is 3.97. The fourth-order valence-electron chi connectivity index (χ4n) is 1.20. The Morgan fingerprint density at radius 1 is 1.54 bits per heavy atom. The van der Waals surface area contributed by atoms with Crippen molar-refractivity contribution in [3.05, 3.63) is 45.0 Å². The minimum absolute atomic E-state index is 0.0796. The molecule has 0 radical (unpaired) electrons. The van der Waals surface area contributed by atoms with E-state index in [0.29, 0.717) is 5.02 Å². The van der Waals surface area contributed by atoms with Crippen LogP contribution in [0.25, 0.3) is 0 Å². The van der Waals surface area contributed by atoms with Gasteiger partial charge in [0.05, 0.1) is 0 Å². The first-order chi connectivity index (χ1) is 6.11. The Kier molecular flexibility index (Phi) is 3.25. The molecular weight excluding hydrogens is 190 g/mol. The van der Waals surface area contributed by atoms with Crippen LogP contribution in [0, 0.1) is 10.1 Å². The fourth-order valence-corrected chi connectivity index (χ4v) is 1.52. The van der Waals surface area contributed by atoms with Crippen LogP contribution in [-0.2, 0) is 0 Å². The number of nitrogens with zero attached hydrogens (tertiary/aromatic N) is 1. The van der Waals surface area contributed by atoms with Crippen LogP contribution in [-0.4, -0.2) is 11.5 Å². The molecule has 0 fully saturated rings. The van der Waals surface area contributed by atoms with Gasteiger partial charge in [0.1, 0.15) is 0 Å². The van der Waals surface area contributed by atoms with E-state index in [1.165, 1.54) is 0 Å². The van der Waals surface area contributed by atoms with E-state index in [2.05, 4.69) is 0 Å². The molecule has 0 bridgehead atoms. The highest BCUT2D eigenvalue weighted by atomic mass is 35.5. The smallest absolute Gasteiger partial charge is 0.210 e. The summed E-state index contributed by atoms with van der Waals surface area (Å²) in [5, 5.41) is 10.9. The highest BCUT2D eigenvalue weighted by Crippen LogP contribution is 2.23. The molecule has 0 aliphatic carbocycles. The van der Waals surface area contributed by atoms with E-state index in [-0.39, 0.29) is 17.4 Å². The summed E-state index contributed by atoms with van der Waals surface area (Å²) < 4.78 is 0. The summed E-state index contributed by atoms with van der Waals surface area (Å²) in [4.78, 5) is 9.93. The number of nitro groups is 1. The van der Waals surface area contributed by atoms with Crippen molar-refractivity contribution in [3.8, 4) is 0 Å². The van der Waals surface area contributed by atoms with Crippen molar-refractivity contribution in [2.75, 3.05) is 6.54 Å². The van der Waals surface area contributed by atoms with Crippen LogP contribution in [0.2, 0.25) is 5.02 Å². The molecule has 0 aliphatic rings. The minimum Gasteiger partial charge on any atom is -0.265 e. The number of rotatable bonds is 3. The van der Waals surface area contributed by atoms with Crippen molar-refractivity contribution >= 4 is 11.6 Å². The number of halogens is 1. The van der Waals surface area contributed by atoms with Gasteiger partial charge in [-0.3, -0.25) is 10.1 Å². The normalized spacial score (nSPS) is 12.5. The Balaban J connectivity index is 2.82. The molecule has 0 saturated carbocycles. The predicted octanol–water partition coefficient (Wildman–Crippen LogP) is 2.72. The topological polar surface area (TPSA) is 43.1 Å². The van der Waals surface area contributed by atoms with Gasteiger partial charge in [0.15, 0.2) is 0 Å². The van der Waals surface area contributed by atoms with E-state index in [0.717, 1.165) is 5.56 Å². The Morgan fingerprint density at radius 2 is 2.15 bits per heavy atom. The minimum atomic E-state index is -0.325. The third kappa shape index (κ3) is 2.70. The van der Waals surface area contributed by atoms with Gasteiger partial charge in [-0.15, -0.1) is 0 Å². The van der Waals surface area contributed by atoms with Crippen molar-refractivity contribution in [2.45, 2.75) is 12.8 Å². The molecule has 0 unspecified atom stereocenters. The monoisotopic (exact) mass is 199 g/mol. The van der Waals surface area contributed by atoms with E-state index in [1.54, 1.807) is 13.0 Å². The number of hydrogen-bond acceptors (Lipinski definition) is 2. The Bertz CT molecular complexity index is 314. The van der Waals surface area contributed by atoms with Crippen LogP contribution in [0.3, 0.4) is 0 Å². The summed E-state index contributed by atoms with van der Waals surface area (Å²) in [7, 11) is 0. The highest BCUT2D eigenvalue weighted by Gasteiger charge is 2.14. The summed E-state index contributed by atoms with van der Waals surface area (Å²) in [5.74, 6) is -0.135. The second-order valence-electron chi connectivity index (χ2n) is 2.94. The lowest BCUT2D eigenvalue weighted by atomic mass is 10.0. The molecule has 0 saturated heterocycles. The van der Waals surface area contributed by atoms with Gasteiger partial charge in [0.2, 0.25) is 6.54 Å². The molecular formula is C9H10ClNO2. The SMILES string of the molecule is C[C@H](C[N+](=O)[O-])c1ccccc1Cl. The van der Waals surface area contributed by atoms with E-state index in [1.807, 2.05) is 18.2 Å². The molecule has 4 heteroatoms. The van der Waals surface area contributed by atoms with Gasteiger partial charge in [-0.25, -0.2) is 0 Å². The standard InChI is InChI=1S/C9H10ClNO2/c1-7(6-11(12)13)8-4-2-3-5-9(8)10/h2-5,7H,6H2,1H3/t7-/m1/s1. The van der Waals surface area contributed by atoms with Crippen LogP contribution in [0.1, 0.15) is 18.4 Å². The summed E-state index contributed by atoms with van der Waals surface area (Å²) in [5.41, 5.74) is 0.834. The highest BCUT2D eigenvalue weighted by molar-refractivity contribution is 6.31. The average molecular weight is 200 g/mol. The molecule has 0 N–H and O–H groups in total. The second kappa shape index (κ2) is 4.23. The van der Waals surface area contributed by atoms with Gasteiger partial charge in [-0.05, 0) is 11.6 Å². The first-order valence-corrected chi connectivity index (χ1v) is 4.35.